The zero-order valence-corrected chi connectivity index (χ0v) is 31.2. The predicted molar refractivity (Wildman–Crippen MR) is 204 cm³/mol. The van der Waals surface area contributed by atoms with Crippen LogP contribution in [0.2, 0.25) is 0 Å². The first-order valence-electron chi connectivity index (χ1n) is 20.1. The fourth-order valence-corrected chi connectivity index (χ4v) is 6.17. The highest BCUT2D eigenvalue weighted by molar-refractivity contribution is 5.66. The standard InChI is InChI=1S/C42H75NO5/c1-3-5-7-9-11-13-15-17-19-21-23-25-27-29-31-33-35-47-41(40-37-39(44)38-43(40)42(45)46)48-36-34-32-30-28-26-24-22-20-18-16-14-12-10-8-6-4-2/h11-14,17-20,39-41,44H,3-10,15-16,21-38H2,1-2H3,(H,45,46)/b13-11-,14-12-,19-17-,20-18-/t39-,40+/m1/s1. The molecule has 1 rings (SSSR count). The summed E-state index contributed by atoms with van der Waals surface area (Å²) < 4.78 is 12.3. The fraction of sp³-hybridized carbons (Fsp3) is 0.786. The zero-order chi connectivity index (χ0) is 34.8. The quantitative estimate of drug-likeness (QED) is 0.0412. The SMILES string of the molecule is CCCCC/C=C\C/C=C\CCCCCCCCOC(OCCCCCCCC/C=C\C/C=C\CCCCC)[C@@H]1C[C@@H](O)CN1C(=O)O. The minimum absolute atomic E-state index is 0.124. The Balaban J connectivity index is 2.16. The molecule has 0 unspecified atom stereocenters. The van der Waals surface area contributed by atoms with E-state index < -0.39 is 24.5 Å². The Morgan fingerprint density at radius 3 is 1.38 bits per heavy atom. The lowest BCUT2D eigenvalue weighted by atomic mass is 10.1. The summed E-state index contributed by atoms with van der Waals surface area (Å²) in [6, 6.07) is -0.452. The van der Waals surface area contributed by atoms with Crippen LogP contribution in [-0.4, -0.2) is 59.4 Å². The van der Waals surface area contributed by atoms with Gasteiger partial charge in [-0.25, -0.2) is 4.79 Å². The van der Waals surface area contributed by atoms with E-state index in [1.54, 1.807) is 0 Å². The summed E-state index contributed by atoms with van der Waals surface area (Å²) in [4.78, 5) is 13.1. The van der Waals surface area contributed by atoms with Crippen LogP contribution in [0.3, 0.4) is 0 Å². The largest absolute Gasteiger partial charge is 0.465 e. The molecular formula is C42H75NO5. The minimum atomic E-state index is -1.02. The molecule has 0 aromatic heterocycles. The number of β-amino-alcohol motifs (C(OH)–C–C–N with tert-alkyl or cyclic N) is 1. The number of hydrogen-bond acceptors (Lipinski definition) is 4. The second kappa shape index (κ2) is 33.6. The Morgan fingerprint density at radius 1 is 0.604 bits per heavy atom. The van der Waals surface area contributed by atoms with Gasteiger partial charge in [0, 0.05) is 19.6 Å². The molecule has 1 heterocycles. The van der Waals surface area contributed by atoms with Gasteiger partial charge in [-0.1, -0.05) is 140 Å². The second-order valence-corrected chi connectivity index (χ2v) is 13.7. The summed E-state index contributed by atoms with van der Waals surface area (Å²) in [6.45, 7) is 5.73. The van der Waals surface area contributed by atoms with E-state index in [-0.39, 0.29) is 6.54 Å². The Bertz CT molecular complexity index is 788. The number of hydrogen-bond donors (Lipinski definition) is 2. The van der Waals surface area contributed by atoms with Crippen LogP contribution >= 0.6 is 0 Å². The Hall–Kier alpha value is -1.89. The van der Waals surface area contributed by atoms with Gasteiger partial charge in [-0.15, -0.1) is 0 Å². The van der Waals surface area contributed by atoms with Crippen molar-refractivity contribution >= 4 is 6.09 Å². The van der Waals surface area contributed by atoms with Gasteiger partial charge >= 0.3 is 6.09 Å². The third-order valence-electron chi connectivity index (χ3n) is 9.14. The molecule has 0 aromatic rings. The first kappa shape index (κ1) is 44.1. The number of amides is 1. The van der Waals surface area contributed by atoms with Crippen LogP contribution < -0.4 is 0 Å². The lowest BCUT2D eigenvalue weighted by Crippen LogP contribution is -2.44. The second-order valence-electron chi connectivity index (χ2n) is 13.7. The molecule has 2 atom stereocenters. The van der Waals surface area contributed by atoms with Crippen LogP contribution in [0.1, 0.15) is 174 Å². The highest BCUT2D eigenvalue weighted by Gasteiger charge is 2.40. The third-order valence-corrected chi connectivity index (χ3v) is 9.14. The van der Waals surface area contributed by atoms with Gasteiger partial charge in [-0.05, 0) is 77.0 Å². The van der Waals surface area contributed by atoms with Crippen LogP contribution in [0.25, 0.3) is 0 Å². The average Bonchev–Trinajstić information content (AvgIpc) is 3.48. The average molecular weight is 674 g/mol. The number of rotatable bonds is 33. The molecule has 1 fully saturated rings. The predicted octanol–water partition coefficient (Wildman–Crippen LogP) is 12.1. The van der Waals surface area contributed by atoms with Crippen LogP contribution in [0, 0.1) is 0 Å². The van der Waals surface area contributed by atoms with Crippen LogP contribution in [0.5, 0.6) is 0 Å². The van der Waals surface area contributed by atoms with Gasteiger partial charge in [0.05, 0.1) is 18.7 Å². The Morgan fingerprint density at radius 2 is 0.979 bits per heavy atom. The zero-order valence-electron chi connectivity index (χ0n) is 31.2. The van der Waals surface area contributed by atoms with Gasteiger partial charge in [0.2, 0.25) is 0 Å². The molecule has 278 valence electrons. The molecular weight excluding hydrogens is 598 g/mol. The first-order chi connectivity index (χ1) is 23.6. The maximum atomic E-state index is 11.8. The normalized spacial score (nSPS) is 17.1. The topological polar surface area (TPSA) is 79.2 Å². The van der Waals surface area contributed by atoms with E-state index in [0.717, 1.165) is 51.4 Å². The molecule has 2 N–H and O–H groups in total. The van der Waals surface area contributed by atoms with Crippen molar-refractivity contribution in [2.24, 2.45) is 0 Å². The number of aliphatic hydroxyl groups excluding tert-OH is 1. The fourth-order valence-electron chi connectivity index (χ4n) is 6.17. The molecule has 0 bridgehead atoms. The van der Waals surface area contributed by atoms with Crippen molar-refractivity contribution in [2.75, 3.05) is 19.8 Å². The molecule has 1 aliphatic rings. The maximum Gasteiger partial charge on any atom is 0.407 e. The van der Waals surface area contributed by atoms with Gasteiger partial charge < -0.3 is 19.7 Å². The molecule has 0 aliphatic carbocycles. The molecule has 0 radical (unpaired) electrons. The van der Waals surface area contributed by atoms with Gasteiger partial charge in [0.25, 0.3) is 0 Å². The Labute approximate surface area is 296 Å². The van der Waals surface area contributed by atoms with Crippen molar-refractivity contribution in [2.45, 2.75) is 193 Å². The number of likely N-dealkylation sites (tertiary alicyclic amines) is 1. The molecule has 6 nitrogen and oxygen atoms in total. The highest BCUT2D eigenvalue weighted by Crippen LogP contribution is 2.24. The van der Waals surface area contributed by atoms with Crippen LogP contribution in [0.4, 0.5) is 4.79 Å². The van der Waals surface area contributed by atoms with Gasteiger partial charge in [0.15, 0.2) is 6.29 Å². The van der Waals surface area contributed by atoms with Crippen LogP contribution in [0.15, 0.2) is 48.6 Å². The molecule has 0 aromatic carbocycles. The molecule has 6 heteroatoms. The van der Waals surface area contributed by atoms with Crippen molar-refractivity contribution in [3.05, 3.63) is 48.6 Å². The summed E-state index contributed by atoms with van der Waals surface area (Å²) in [5.41, 5.74) is 0. The summed E-state index contributed by atoms with van der Waals surface area (Å²) in [5.74, 6) is 0. The third kappa shape index (κ3) is 26.0. The van der Waals surface area contributed by atoms with E-state index in [4.69, 9.17) is 9.47 Å². The van der Waals surface area contributed by atoms with E-state index in [0.29, 0.717) is 19.6 Å². The van der Waals surface area contributed by atoms with Crippen molar-refractivity contribution in [3.8, 4) is 0 Å². The van der Waals surface area contributed by atoms with Gasteiger partial charge in [-0.3, -0.25) is 4.90 Å². The number of unbranched alkanes of at least 4 members (excludes halogenated alkanes) is 18. The molecule has 1 aliphatic heterocycles. The summed E-state index contributed by atoms with van der Waals surface area (Å²) in [7, 11) is 0. The lowest BCUT2D eigenvalue weighted by molar-refractivity contribution is -0.171. The molecule has 1 amide bonds. The molecule has 48 heavy (non-hydrogen) atoms. The monoisotopic (exact) mass is 674 g/mol. The van der Waals surface area contributed by atoms with E-state index in [2.05, 4.69) is 62.5 Å². The van der Waals surface area contributed by atoms with Crippen molar-refractivity contribution in [1.82, 2.24) is 4.90 Å². The van der Waals surface area contributed by atoms with Crippen molar-refractivity contribution in [3.63, 3.8) is 0 Å². The number of ether oxygens (including phenoxy) is 2. The molecule has 1 saturated heterocycles. The summed E-state index contributed by atoms with van der Waals surface area (Å²) in [5, 5.41) is 19.9. The molecule has 0 spiro atoms. The van der Waals surface area contributed by atoms with E-state index in [1.807, 2.05) is 0 Å². The molecule has 0 saturated carbocycles. The van der Waals surface area contributed by atoms with Crippen molar-refractivity contribution in [1.29, 1.82) is 0 Å². The van der Waals surface area contributed by atoms with Gasteiger partial charge in [-0.2, -0.15) is 0 Å². The summed E-state index contributed by atoms with van der Waals surface area (Å²) in [6.07, 6.45) is 45.1. The number of nitrogens with zero attached hydrogens (tertiary/aromatic N) is 1. The number of carbonyl (C=O) groups is 1. The first-order valence-corrected chi connectivity index (χ1v) is 20.1. The highest BCUT2D eigenvalue weighted by atomic mass is 16.7. The minimum Gasteiger partial charge on any atom is -0.465 e. The number of carboxylic acid groups (broad SMARTS) is 1. The summed E-state index contributed by atoms with van der Waals surface area (Å²) >= 11 is 0. The van der Waals surface area contributed by atoms with E-state index >= 15 is 0 Å². The van der Waals surface area contributed by atoms with E-state index in [9.17, 15) is 15.0 Å². The lowest BCUT2D eigenvalue weighted by Gasteiger charge is -2.29. The van der Waals surface area contributed by atoms with Gasteiger partial charge in [0.1, 0.15) is 0 Å². The maximum absolute atomic E-state index is 11.8. The number of allylic oxidation sites excluding steroid dienone is 8. The Kier molecular flexibility index (Phi) is 30.9. The van der Waals surface area contributed by atoms with Crippen molar-refractivity contribution < 1.29 is 24.5 Å². The van der Waals surface area contributed by atoms with Crippen LogP contribution in [-0.2, 0) is 9.47 Å². The van der Waals surface area contributed by atoms with E-state index in [1.165, 1.54) is 108 Å². The smallest absolute Gasteiger partial charge is 0.407 e. The number of aliphatic hydroxyl groups is 1.